The van der Waals surface area contributed by atoms with Gasteiger partial charge in [0.2, 0.25) is 11.8 Å². The van der Waals surface area contributed by atoms with Gasteiger partial charge in [0, 0.05) is 17.5 Å². The van der Waals surface area contributed by atoms with Gasteiger partial charge in [0.1, 0.15) is 0 Å². The monoisotopic (exact) mass is 436 g/mol. The fourth-order valence-electron chi connectivity index (χ4n) is 3.70. The third-order valence-electron chi connectivity index (χ3n) is 5.54. The molecule has 0 radical (unpaired) electrons. The predicted octanol–water partition coefficient (Wildman–Crippen LogP) is 2.75. The third kappa shape index (κ3) is 5.94. The molecule has 1 saturated carbocycles. The predicted molar refractivity (Wildman–Crippen MR) is 122 cm³/mol. The van der Waals surface area contributed by atoms with Gasteiger partial charge < -0.3 is 21.2 Å². The molecule has 2 aromatic carbocycles. The van der Waals surface area contributed by atoms with Gasteiger partial charge in [0.25, 0.3) is 0 Å². The van der Waals surface area contributed by atoms with Gasteiger partial charge >= 0.3 is 5.97 Å². The zero-order chi connectivity index (χ0) is 22.9. The molecule has 0 aliphatic heterocycles. The normalized spacial score (nSPS) is 18.4. The molecule has 3 rings (SSSR count). The molecule has 2 amide bonds. The number of carbonyl (C=O) groups is 3. The van der Waals surface area contributed by atoms with Crippen molar-refractivity contribution in [1.82, 2.24) is 5.32 Å². The summed E-state index contributed by atoms with van der Waals surface area (Å²) in [6, 6.07) is 15.9. The summed E-state index contributed by atoms with van der Waals surface area (Å²) in [5.41, 5.74) is 2.27. The molecule has 4 N–H and O–H groups in total. The first kappa shape index (κ1) is 23.0. The molecule has 0 bridgehead atoms. The molecule has 2 aromatic rings. The molecular formula is C24H28N4O4. The van der Waals surface area contributed by atoms with Crippen LogP contribution >= 0.6 is 0 Å². The molecule has 0 heterocycles. The van der Waals surface area contributed by atoms with E-state index in [1.807, 2.05) is 30.3 Å². The largest absolute Gasteiger partial charge is 0.466 e. The highest BCUT2D eigenvalue weighted by Gasteiger charge is 2.42. The summed E-state index contributed by atoms with van der Waals surface area (Å²) in [7, 11) is 0. The number of hydrogen-bond donors (Lipinski definition) is 3. The molecular weight excluding hydrogens is 408 g/mol. The van der Waals surface area contributed by atoms with Gasteiger partial charge in [-0.2, -0.15) is 5.10 Å². The van der Waals surface area contributed by atoms with Crippen molar-refractivity contribution in [3.8, 4) is 0 Å². The van der Waals surface area contributed by atoms with Gasteiger partial charge in [-0.15, -0.1) is 0 Å². The standard InChI is InChI=1S/C24H28N4O4/c1-2-32-22(29)14-21(17-6-4-3-5-7-17)28-24(31)20-13-12-19(20)23(30)27-18-10-8-16(9-11-18)15-26-25/h3-11,15,19-21H,2,12-14,25H2,1H3,(H,27,30)(H,28,31). The highest BCUT2D eigenvalue weighted by atomic mass is 16.5. The van der Waals surface area contributed by atoms with Gasteiger partial charge in [-0.05, 0) is 43.0 Å². The van der Waals surface area contributed by atoms with Crippen LogP contribution in [0.5, 0.6) is 0 Å². The fourth-order valence-corrected chi connectivity index (χ4v) is 3.70. The molecule has 32 heavy (non-hydrogen) atoms. The number of ether oxygens (including phenoxy) is 1. The molecule has 3 atom stereocenters. The molecule has 1 aliphatic rings. The van der Waals surface area contributed by atoms with E-state index in [4.69, 9.17) is 10.6 Å². The van der Waals surface area contributed by atoms with Gasteiger partial charge in [-0.25, -0.2) is 0 Å². The number of esters is 1. The van der Waals surface area contributed by atoms with Crippen LogP contribution in [0.2, 0.25) is 0 Å². The SMILES string of the molecule is CCOC(=O)CC(NC(=O)C1CCC1C(=O)Nc1ccc(C=NN)cc1)c1ccccc1. The number of amides is 2. The molecule has 8 heteroatoms. The van der Waals surface area contributed by atoms with E-state index in [2.05, 4.69) is 15.7 Å². The maximum Gasteiger partial charge on any atom is 0.308 e. The Balaban J connectivity index is 1.62. The summed E-state index contributed by atoms with van der Waals surface area (Å²) >= 11 is 0. The molecule has 3 unspecified atom stereocenters. The van der Waals surface area contributed by atoms with Crippen molar-refractivity contribution in [2.24, 2.45) is 22.8 Å². The number of hydrogen-bond acceptors (Lipinski definition) is 6. The highest BCUT2D eigenvalue weighted by molar-refractivity contribution is 5.97. The summed E-state index contributed by atoms with van der Waals surface area (Å²) in [5, 5.41) is 9.28. The number of carbonyl (C=O) groups excluding carboxylic acids is 3. The summed E-state index contributed by atoms with van der Waals surface area (Å²) < 4.78 is 5.06. The topological polar surface area (TPSA) is 123 Å². The first-order valence-corrected chi connectivity index (χ1v) is 10.7. The van der Waals surface area contributed by atoms with Crippen LogP contribution in [0.4, 0.5) is 5.69 Å². The van der Waals surface area contributed by atoms with Gasteiger partial charge in [-0.3, -0.25) is 14.4 Å². The number of anilines is 1. The summed E-state index contributed by atoms with van der Waals surface area (Å²) in [6.45, 7) is 2.02. The van der Waals surface area contributed by atoms with E-state index in [9.17, 15) is 14.4 Å². The summed E-state index contributed by atoms with van der Waals surface area (Å²) in [5.74, 6) is 3.47. The highest BCUT2D eigenvalue weighted by Crippen LogP contribution is 2.36. The zero-order valence-electron chi connectivity index (χ0n) is 18.0. The van der Waals surface area contributed by atoms with Crippen molar-refractivity contribution in [2.75, 3.05) is 11.9 Å². The first-order valence-electron chi connectivity index (χ1n) is 10.7. The maximum atomic E-state index is 13.0. The number of nitrogens with zero attached hydrogens (tertiary/aromatic N) is 1. The number of nitrogens with two attached hydrogens (primary N) is 1. The van der Waals surface area contributed by atoms with Crippen molar-refractivity contribution in [1.29, 1.82) is 0 Å². The lowest BCUT2D eigenvalue weighted by atomic mass is 9.72. The Morgan fingerprint density at radius 1 is 1.06 bits per heavy atom. The lowest BCUT2D eigenvalue weighted by Crippen LogP contribution is -2.47. The van der Waals surface area contributed by atoms with Crippen molar-refractivity contribution in [3.63, 3.8) is 0 Å². The molecule has 1 fully saturated rings. The lowest BCUT2D eigenvalue weighted by molar-refractivity contribution is -0.144. The van der Waals surface area contributed by atoms with Crippen LogP contribution in [-0.2, 0) is 19.1 Å². The van der Waals surface area contributed by atoms with Crippen LogP contribution in [0.1, 0.15) is 43.4 Å². The Morgan fingerprint density at radius 3 is 2.31 bits per heavy atom. The maximum absolute atomic E-state index is 13.0. The van der Waals surface area contributed by atoms with Crippen LogP contribution in [0.25, 0.3) is 0 Å². The minimum Gasteiger partial charge on any atom is -0.466 e. The Morgan fingerprint density at radius 2 is 1.72 bits per heavy atom. The van der Waals surface area contributed by atoms with E-state index in [1.165, 1.54) is 6.21 Å². The van der Waals surface area contributed by atoms with Crippen LogP contribution in [-0.4, -0.2) is 30.6 Å². The third-order valence-corrected chi connectivity index (χ3v) is 5.54. The van der Waals surface area contributed by atoms with E-state index < -0.39 is 17.9 Å². The van der Waals surface area contributed by atoms with Crippen molar-refractivity contribution < 1.29 is 19.1 Å². The quantitative estimate of drug-likeness (QED) is 0.241. The van der Waals surface area contributed by atoms with E-state index in [0.29, 0.717) is 18.5 Å². The molecule has 0 spiro atoms. The van der Waals surface area contributed by atoms with E-state index in [-0.39, 0.29) is 30.8 Å². The average molecular weight is 437 g/mol. The second-order valence-corrected chi connectivity index (χ2v) is 7.66. The zero-order valence-corrected chi connectivity index (χ0v) is 18.0. The number of hydrazone groups is 1. The number of benzene rings is 2. The van der Waals surface area contributed by atoms with Crippen LogP contribution in [0, 0.1) is 11.8 Å². The van der Waals surface area contributed by atoms with Gasteiger partial charge in [0.05, 0.1) is 25.3 Å². The van der Waals surface area contributed by atoms with Crippen LogP contribution in [0.15, 0.2) is 59.7 Å². The number of rotatable bonds is 9. The number of nitrogens with one attached hydrogen (secondary N) is 2. The van der Waals surface area contributed by atoms with Crippen LogP contribution < -0.4 is 16.5 Å². The average Bonchev–Trinajstić information content (AvgIpc) is 2.75. The first-order chi connectivity index (χ1) is 15.5. The lowest BCUT2D eigenvalue weighted by Gasteiger charge is -2.35. The molecule has 0 aromatic heterocycles. The second-order valence-electron chi connectivity index (χ2n) is 7.66. The Bertz CT molecular complexity index is 960. The Labute approximate surface area is 187 Å². The smallest absolute Gasteiger partial charge is 0.308 e. The van der Waals surface area contributed by atoms with Crippen molar-refractivity contribution >= 4 is 29.7 Å². The Kier molecular flexibility index (Phi) is 7.96. The molecule has 1 aliphatic carbocycles. The fraction of sp³-hybridized carbons (Fsp3) is 0.333. The summed E-state index contributed by atoms with van der Waals surface area (Å²) in [4.78, 5) is 37.7. The molecule has 168 valence electrons. The minimum atomic E-state index is -0.510. The van der Waals surface area contributed by atoms with E-state index in [1.54, 1.807) is 31.2 Å². The second kappa shape index (κ2) is 11.1. The molecule has 8 nitrogen and oxygen atoms in total. The van der Waals surface area contributed by atoms with E-state index in [0.717, 1.165) is 11.1 Å². The molecule has 0 saturated heterocycles. The van der Waals surface area contributed by atoms with Gasteiger partial charge in [0.15, 0.2) is 0 Å². The minimum absolute atomic E-state index is 0.0334. The Hall–Kier alpha value is -3.68. The van der Waals surface area contributed by atoms with Crippen LogP contribution in [0.3, 0.4) is 0 Å². The summed E-state index contributed by atoms with van der Waals surface area (Å²) in [6.07, 6.45) is 2.80. The van der Waals surface area contributed by atoms with E-state index >= 15 is 0 Å². The van der Waals surface area contributed by atoms with Crippen molar-refractivity contribution in [2.45, 2.75) is 32.2 Å². The van der Waals surface area contributed by atoms with Gasteiger partial charge in [-0.1, -0.05) is 42.5 Å². The van der Waals surface area contributed by atoms with Crippen molar-refractivity contribution in [3.05, 3.63) is 65.7 Å².